The molecule has 0 aliphatic rings. The average Bonchev–Trinajstić information content (AvgIpc) is 2.43. The standard InChI is InChI=1S/C10H16N2O4S/c1-7-6-9(10(13)14)8(2)12(7)5-4-11-17(3,15)16/h6,11H,4-5H2,1-3H3,(H,13,14). The molecule has 7 heteroatoms. The molecule has 0 aromatic carbocycles. The van der Waals surface area contributed by atoms with Crippen LogP contribution in [0.5, 0.6) is 0 Å². The molecule has 0 unspecified atom stereocenters. The Morgan fingerprint density at radius 2 is 2.06 bits per heavy atom. The summed E-state index contributed by atoms with van der Waals surface area (Å²) in [4.78, 5) is 10.9. The summed E-state index contributed by atoms with van der Waals surface area (Å²) in [6, 6.07) is 1.58. The second-order valence-electron chi connectivity index (χ2n) is 3.91. The van der Waals surface area contributed by atoms with Gasteiger partial charge >= 0.3 is 5.97 Å². The zero-order valence-electron chi connectivity index (χ0n) is 10.0. The van der Waals surface area contributed by atoms with Gasteiger partial charge in [0.1, 0.15) is 0 Å². The third-order valence-corrected chi connectivity index (χ3v) is 3.23. The Labute approximate surface area is 100 Å². The first kappa shape index (κ1) is 13.7. The number of hydrogen-bond donors (Lipinski definition) is 2. The molecule has 0 bridgehead atoms. The number of aromatic carboxylic acids is 1. The van der Waals surface area contributed by atoms with Gasteiger partial charge in [-0.25, -0.2) is 17.9 Å². The van der Waals surface area contributed by atoms with Gasteiger partial charge in [-0.15, -0.1) is 0 Å². The van der Waals surface area contributed by atoms with Gasteiger partial charge in [0.2, 0.25) is 10.0 Å². The summed E-state index contributed by atoms with van der Waals surface area (Å²) in [7, 11) is -3.21. The highest BCUT2D eigenvalue weighted by Crippen LogP contribution is 2.14. The van der Waals surface area contributed by atoms with Gasteiger partial charge < -0.3 is 9.67 Å². The van der Waals surface area contributed by atoms with Gasteiger partial charge in [0.25, 0.3) is 0 Å². The highest BCUT2D eigenvalue weighted by Gasteiger charge is 2.14. The van der Waals surface area contributed by atoms with Gasteiger partial charge in [-0.3, -0.25) is 0 Å². The normalized spacial score (nSPS) is 11.7. The van der Waals surface area contributed by atoms with E-state index in [0.29, 0.717) is 12.2 Å². The number of nitrogens with zero attached hydrogens (tertiary/aromatic N) is 1. The summed E-state index contributed by atoms with van der Waals surface area (Å²) < 4.78 is 25.9. The summed E-state index contributed by atoms with van der Waals surface area (Å²) >= 11 is 0. The van der Waals surface area contributed by atoms with E-state index in [1.165, 1.54) is 0 Å². The molecule has 1 heterocycles. The van der Waals surface area contributed by atoms with Crippen LogP contribution in [0.3, 0.4) is 0 Å². The molecule has 0 radical (unpaired) electrons. The lowest BCUT2D eigenvalue weighted by Gasteiger charge is -2.09. The number of rotatable bonds is 5. The van der Waals surface area contributed by atoms with Gasteiger partial charge in [-0.1, -0.05) is 0 Å². The SMILES string of the molecule is Cc1cc(C(=O)O)c(C)n1CCNS(C)(=O)=O. The number of carbonyl (C=O) groups is 1. The van der Waals surface area contributed by atoms with Gasteiger partial charge in [0.15, 0.2) is 0 Å². The number of hydrogen-bond acceptors (Lipinski definition) is 3. The lowest BCUT2D eigenvalue weighted by atomic mass is 10.2. The third kappa shape index (κ3) is 3.57. The minimum absolute atomic E-state index is 0.244. The smallest absolute Gasteiger partial charge is 0.337 e. The van der Waals surface area contributed by atoms with Crippen molar-refractivity contribution in [1.82, 2.24) is 9.29 Å². The van der Waals surface area contributed by atoms with E-state index < -0.39 is 16.0 Å². The Kier molecular flexibility index (Phi) is 3.94. The van der Waals surface area contributed by atoms with Crippen molar-refractivity contribution < 1.29 is 18.3 Å². The van der Waals surface area contributed by atoms with E-state index >= 15 is 0 Å². The lowest BCUT2D eigenvalue weighted by molar-refractivity contribution is 0.0696. The van der Waals surface area contributed by atoms with E-state index in [9.17, 15) is 13.2 Å². The summed E-state index contributed by atoms with van der Waals surface area (Å²) in [6.07, 6.45) is 1.09. The van der Waals surface area contributed by atoms with Crippen molar-refractivity contribution in [2.75, 3.05) is 12.8 Å². The predicted molar refractivity (Wildman–Crippen MR) is 63.7 cm³/mol. The van der Waals surface area contributed by atoms with E-state index in [2.05, 4.69) is 4.72 Å². The van der Waals surface area contributed by atoms with Gasteiger partial charge in [-0.05, 0) is 19.9 Å². The second-order valence-corrected chi connectivity index (χ2v) is 5.74. The summed E-state index contributed by atoms with van der Waals surface area (Å²) in [5.41, 5.74) is 1.68. The van der Waals surface area contributed by atoms with E-state index in [0.717, 1.165) is 11.9 Å². The maximum absolute atomic E-state index is 10.9. The fourth-order valence-electron chi connectivity index (χ4n) is 1.70. The van der Waals surface area contributed by atoms with Gasteiger partial charge in [-0.2, -0.15) is 0 Å². The van der Waals surface area contributed by atoms with Crippen molar-refractivity contribution in [3.63, 3.8) is 0 Å². The van der Waals surface area contributed by atoms with Gasteiger partial charge in [0, 0.05) is 24.5 Å². The summed E-state index contributed by atoms with van der Waals surface area (Å²) in [5.74, 6) is -0.972. The molecular weight excluding hydrogens is 244 g/mol. The van der Waals surface area contributed by atoms with Crippen LogP contribution >= 0.6 is 0 Å². The second kappa shape index (κ2) is 4.89. The van der Waals surface area contributed by atoms with Crippen molar-refractivity contribution >= 4 is 16.0 Å². The molecule has 2 N–H and O–H groups in total. The monoisotopic (exact) mass is 260 g/mol. The molecule has 0 atom stereocenters. The van der Waals surface area contributed by atoms with Crippen LogP contribution in [-0.4, -0.2) is 36.9 Å². The first-order chi connectivity index (χ1) is 7.72. The summed E-state index contributed by atoms with van der Waals surface area (Å²) in [6.45, 7) is 4.16. The molecular formula is C10H16N2O4S. The van der Waals surface area contributed by atoms with Crippen LogP contribution in [0.1, 0.15) is 21.7 Å². The molecule has 96 valence electrons. The first-order valence-corrected chi connectivity index (χ1v) is 6.96. The number of aryl methyl sites for hydroxylation is 1. The van der Waals surface area contributed by atoms with E-state index in [1.54, 1.807) is 24.5 Å². The molecule has 0 amide bonds. The zero-order valence-corrected chi connectivity index (χ0v) is 10.8. The largest absolute Gasteiger partial charge is 0.478 e. The molecule has 0 saturated heterocycles. The lowest BCUT2D eigenvalue weighted by Crippen LogP contribution is -2.26. The molecule has 0 aliphatic carbocycles. The molecule has 1 aromatic rings. The van der Waals surface area contributed by atoms with Crippen molar-refractivity contribution in [1.29, 1.82) is 0 Å². The topological polar surface area (TPSA) is 88.4 Å². The number of nitrogens with one attached hydrogen (secondary N) is 1. The van der Waals surface area contributed by atoms with Crippen LogP contribution in [0.15, 0.2) is 6.07 Å². The Bertz CT molecular complexity index is 531. The molecule has 0 saturated carbocycles. The quantitative estimate of drug-likeness (QED) is 0.799. The van der Waals surface area contributed by atoms with Crippen LogP contribution < -0.4 is 4.72 Å². The van der Waals surface area contributed by atoms with Crippen LogP contribution in [0.2, 0.25) is 0 Å². The minimum Gasteiger partial charge on any atom is -0.478 e. The summed E-state index contributed by atoms with van der Waals surface area (Å²) in [5, 5.41) is 8.93. The Balaban J connectivity index is 2.82. The maximum atomic E-state index is 10.9. The maximum Gasteiger partial charge on any atom is 0.337 e. The molecule has 17 heavy (non-hydrogen) atoms. The fourth-order valence-corrected chi connectivity index (χ4v) is 2.17. The first-order valence-electron chi connectivity index (χ1n) is 5.07. The van der Waals surface area contributed by atoms with E-state index in [1.807, 2.05) is 0 Å². The molecule has 0 fully saturated rings. The Hall–Kier alpha value is -1.34. The van der Waals surface area contributed by atoms with Crippen molar-refractivity contribution in [2.24, 2.45) is 0 Å². The van der Waals surface area contributed by atoms with Crippen molar-refractivity contribution in [3.05, 3.63) is 23.0 Å². The van der Waals surface area contributed by atoms with E-state index in [4.69, 9.17) is 5.11 Å². The Morgan fingerprint density at radius 3 is 2.47 bits per heavy atom. The van der Waals surface area contributed by atoms with Crippen LogP contribution in [0.25, 0.3) is 0 Å². The van der Waals surface area contributed by atoms with Crippen molar-refractivity contribution in [2.45, 2.75) is 20.4 Å². The highest BCUT2D eigenvalue weighted by atomic mass is 32.2. The van der Waals surface area contributed by atoms with Crippen LogP contribution in [-0.2, 0) is 16.6 Å². The molecule has 6 nitrogen and oxygen atoms in total. The number of carboxylic acids is 1. The molecule has 0 spiro atoms. The van der Waals surface area contributed by atoms with Crippen molar-refractivity contribution in [3.8, 4) is 0 Å². The van der Waals surface area contributed by atoms with Crippen LogP contribution in [0.4, 0.5) is 0 Å². The number of aromatic nitrogens is 1. The average molecular weight is 260 g/mol. The Morgan fingerprint density at radius 1 is 1.47 bits per heavy atom. The fraction of sp³-hybridized carbons (Fsp3) is 0.500. The number of sulfonamides is 1. The minimum atomic E-state index is -3.21. The molecule has 1 rings (SSSR count). The number of carboxylic acid groups (broad SMARTS) is 1. The zero-order chi connectivity index (χ0) is 13.2. The molecule has 0 aliphatic heterocycles. The predicted octanol–water partition coefficient (Wildman–Crippen LogP) is 0.352. The van der Waals surface area contributed by atoms with Gasteiger partial charge in [0.05, 0.1) is 11.8 Å². The molecule has 1 aromatic heterocycles. The third-order valence-electron chi connectivity index (χ3n) is 2.50. The van der Waals surface area contributed by atoms with Crippen LogP contribution in [0, 0.1) is 13.8 Å². The van der Waals surface area contributed by atoms with E-state index in [-0.39, 0.29) is 12.1 Å². The highest BCUT2D eigenvalue weighted by molar-refractivity contribution is 7.88.